The van der Waals surface area contributed by atoms with Gasteiger partial charge in [0.15, 0.2) is 5.13 Å². The highest BCUT2D eigenvalue weighted by Crippen LogP contribution is 2.25. The Balaban J connectivity index is 1.66. The van der Waals surface area contributed by atoms with Crippen molar-refractivity contribution in [2.75, 3.05) is 5.32 Å². The Bertz CT molecular complexity index is 786. The van der Waals surface area contributed by atoms with E-state index in [2.05, 4.69) is 29.4 Å². The molecular weight excluding hydrogens is 312 g/mol. The summed E-state index contributed by atoms with van der Waals surface area (Å²) in [6.45, 7) is 2.05. The van der Waals surface area contributed by atoms with Crippen molar-refractivity contribution in [2.45, 2.75) is 6.92 Å². The molecule has 0 atom stereocenters. The number of aryl methyl sites for hydroxylation is 1. The number of hydrogen-bond acceptors (Lipinski definition) is 4. The van der Waals surface area contributed by atoms with Gasteiger partial charge in [0, 0.05) is 21.9 Å². The molecule has 3 rings (SSSR count). The third kappa shape index (κ3) is 3.69. The second kappa shape index (κ2) is 6.68. The number of thiazole rings is 1. The van der Waals surface area contributed by atoms with E-state index in [4.69, 9.17) is 0 Å². The van der Waals surface area contributed by atoms with E-state index in [0.29, 0.717) is 5.13 Å². The number of anilines is 1. The highest BCUT2D eigenvalue weighted by Gasteiger charge is 2.06. The number of hydrogen-bond donors (Lipinski definition) is 1. The van der Waals surface area contributed by atoms with Crippen molar-refractivity contribution >= 4 is 39.8 Å². The van der Waals surface area contributed by atoms with Gasteiger partial charge in [-0.15, -0.1) is 22.7 Å². The first-order valence-corrected chi connectivity index (χ1v) is 8.52. The molecule has 3 aromatic rings. The molecule has 2 aromatic heterocycles. The van der Waals surface area contributed by atoms with Crippen LogP contribution in [0.2, 0.25) is 0 Å². The van der Waals surface area contributed by atoms with Gasteiger partial charge in [-0.05, 0) is 24.4 Å². The lowest BCUT2D eigenvalue weighted by atomic mass is 10.1. The predicted molar refractivity (Wildman–Crippen MR) is 94.3 cm³/mol. The third-order valence-corrected chi connectivity index (χ3v) is 4.62. The summed E-state index contributed by atoms with van der Waals surface area (Å²) in [7, 11) is 0. The first-order valence-electron chi connectivity index (χ1n) is 6.76. The molecule has 1 amide bonds. The summed E-state index contributed by atoms with van der Waals surface area (Å²) in [5.41, 5.74) is 3.14. The molecule has 0 aliphatic rings. The smallest absolute Gasteiger partial charge is 0.250 e. The average molecular weight is 326 g/mol. The van der Waals surface area contributed by atoms with Crippen LogP contribution in [-0.4, -0.2) is 10.9 Å². The molecule has 0 fully saturated rings. The molecule has 0 spiro atoms. The van der Waals surface area contributed by atoms with Gasteiger partial charge in [-0.1, -0.05) is 35.9 Å². The van der Waals surface area contributed by atoms with Crippen molar-refractivity contribution in [2.24, 2.45) is 0 Å². The van der Waals surface area contributed by atoms with Gasteiger partial charge in [-0.25, -0.2) is 4.98 Å². The number of amides is 1. The van der Waals surface area contributed by atoms with Crippen LogP contribution in [0.25, 0.3) is 17.3 Å². The van der Waals surface area contributed by atoms with E-state index < -0.39 is 0 Å². The zero-order valence-corrected chi connectivity index (χ0v) is 13.6. The van der Waals surface area contributed by atoms with Crippen LogP contribution < -0.4 is 5.32 Å². The fourth-order valence-corrected chi connectivity index (χ4v) is 3.22. The van der Waals surface area contributed by atoms with Gasteiger partial charge in [0.1, 0.15) is 0 Å². The van der Waals surface area contributed by atoms with E-state index >= 15 is 0 Å². The number of aromatic nitrogens is 1. The summed E-state index contributed by atoms with van der Waals surface area (Å²) in [5.74, 6) is -0.168. The topological polar surface area (TPSA) is 42.0 Å². The molecule has 2 heterocycles. The lowest BCUT2D eigenvalue weighted by molar-refractivity contribution is -0.111. The van der Waals surface area contributed by atoms with Gasteiger partial charge in [-0.2, -0.15) is 0 Å². The summed E-state index contributed by atoms with van der Waals surface area (Å²) in [5, 5.41) is 7.33. The molecular formula is C17H14N2OS2. The fourth-order valence-electron chi connectivity index (χ4n) is 1.88. The third-order valence-electron chi connectivity index (χ3n) is 3.02. The molecule has 110 valence electrons. The highest BCUT2D eigenvalue weighted by molar-refractivity contribution is 7.14. The predicted octanol–water partition coefficient (Wildman–Crippen LogP) is 4.83. The molecule has 0 bridgehead atoms. The summed E-state index contributed by atoms with van der Waals surface area (Å²) in [6.07, 6.45) is 3.33. The Morgan fingerprint density at radius 3 is 2.73 bits per heavy atom. The summed E-state index contributed by atoms with van der Waals surface area (Å²) in [4.78, 5) is 17.4. The fraction of sp³-hybridized carbons (Fsp3) is 0.0588. The molecule has 5 heteroatoms. The zero-order valence-electron chi connectivity index (χ0n) is 11.9. The van der Waals surface area contributed by atoms with E-state index in [9.17, 15) is 4.79 Å². The largest absolute Gasteiger partial charge is 0.298 e. The van der Waals surface area contributed by atoms with Crippen molar-refractivity contribution in [1.82, 2.24) is 4.98 Å². The van der Waals surface area contributed by atoms with Gasteiger partial charge in [0.2, 0.25) is 5.91 Å². The lowest BCUT2D eigenvalue weighted by Gasteiger charge is -1.98. The first kappa shape index (κ1) is 14.7. The molecule has 22 heavy (non-hydrogen) atoms. The molecule has 0 unspecified atom stereocenters. The van der Waals surface area contributed by atoms with Crippen molar-refractivity contribution in [3.63, 3.8) is 0 Å². The van der Waals surface area contributed by atoms with Crippen molar-refractivity contribution < 1.29 is 4.79 Å². The quantitative estimate of drug-likeness (QED) is 0.698. The minimum atomic E-state index is -0.168. The van der Waals surface area contributed by atoms with Crippen molar-refractivity contribution in [3.05, 3.63) is 63.7 Å². The Morgan fingerprint density at radius 2 is 2.00 bits per heavy atom. The minimum Gasteiger partial charge on any atom is -0.298 e. The van der Waals surface area contributed by atoms with Crippen LogP contribution in [0.5, 0.6) is 0 Å². The van der Waals surface area contributed by atoms with Crippen LogP contribution in [0.1, 0.15) is 10.4 Å². The molecule has 1 N–H and O–H groups in total. The van der Waals surface area contributed by atoms with Gasteiger partial charge in [-0.3, -0.25) is 10.1 Å². The first-order chi connectivity index (χ1) is 10.7. The number of carbonyl (C=O) groups is 1. The molecule has 1 aromatic carbocycles. The molecule has 3 nitrogen and oxygen atoms in total. The molecule has 0 aliphatic heterocycles. The van der Waals surface area contributed by atoms with E-state index in [1.807, 2.05) is 35.0 Å². The number of nitrogens with one attached hydrogen (secondary N) is 1. The Labute approximate surface area is 137 Å². The zero-order chi connectivity index (χ0) is 15.4. The average Bonchev–Trinajstić information content (AvgIpc) is 3.17. The second-order valence-electron chi connectivity index (χ2n) is 4.74. The molecule has 0 saturated heterocycles. The summed E-state index contributed by atoms with van der Waals surface area (Å²) in [6, 6.07) is 12.1. The molecule has 0 saturated carbocycles. The van der Waals surface area contributed by atoms with Crippen molar-refractivity contribution in [3.8, 4) is 11.3 Å². The number of nitrogens with zero attached hydrogens (tertiary/aromatic N) is 1. The van der Waals surface area contributed by atoms with Crippen LogP contribution in [0, 0.1) is 6.92 Å². The van der Waals surface area contributed by atoms with E-state index in [0.717, 1.165) is 16.1 Å². The van der Waals surface area contributed by atoms with E-state index in [1.165, 1.54) is 23.0 Å². The van der Waals surface area contributed by atoms with Crippen LogP contribution in [-0.2, 0) is 4.79 Å². The van der Waals surface area contributed by atoms with Gasteiger partial charge in [0.05, 0.1) is 5.69 Å². The Hall–Kier alpha value is -2.24. The van der Waals surface area contributed by atoms with Crippen LogP contribution >= 0.6 is 22.7 Å². The number of benzene rings is 1. The monoisotopic (exact) mass is 326 g/mol. The number of thiophene rings is 1. The maximum atomic E-state index is 11.9. The maximum Gasteiger partial charge on any atom is 0.250 e. The van der Waals surface area contributed by atoms with Gasteiger partial charge < -0.3 is 0 Å². The maximum absolute atomic E-state index is 11.9. The van der Waals surface area contributed by atoms with Gasteiger partial charge >= 0.3 is 0 Å². The normalized spacial score (nSPS) is 11.0. The summed E-state index contributed by atoms with van der Waals surface area (Å²) < 4.78 is 0. The molecule has 0 aliphatic carbocycles. The van der Waals surface area contributed by atoms with Crippen LogP contribution in [0.15, 0.2) is 53.2 Å². The van der Waals surface area contributed by atoms with E-state index in [1.54, 1.807) is 17.4 Å². The van der Waals surface area contributed by atoms with Crippen LogP contribution in [0.4, 0.5) is 5.13 Å². The Morgan fingerprint density at radius 1 is 1.18 bits per heavy atom. The Kier molecular flexibility index (Phi) is 4.46. The SMILES string of the molecule is Cc1ccc(-c2csc(NC(=O)/C=C/c3cccs3)n2)cc1. The van der Waals surface area contributed by atoms with Crippen LogP contribution in [0.3, 0.4) is 0 Å². The minimum absolute atomic E-state index is 0.168. The summed E-state index contributed by atoms with van der Waals surface area (Å²) >= 11 is 3.02. The standard InChI is InChI=1S/C17H14N2OS2/c1-12-4-6-13(7-5-12)15-11-22-17(18-15)19-16(20)9-8-14-3-2-10-21-14/h2-11H,1H3,(H,18,19,20)/b9-8+. The highest BCUT2D eigenvalue weighted by atomic mass is 32.1. The molecule has 0 radical (unpaired) electrons. The lowest BCUT2D eigenvalue weighted by Crippen LogP contribution is -2.07. The number of carbonyl (C=O) groups excluding carboxylic acids is 1. The number of rotatable bonds is 4. The second-order valence-corrected chi connectivity index (χ2v) is 6.58. The van der Waals surface area contributed by atoms with E-state index in [-0.39, 0.29) is 5.91 Å². The van der Waals surface area contributed by atoms with Gasteiger partial charge in [0.25, 0.3) is 0 Å². The van der Waals surface area contributed by atoms with Crippen molar-refractivity contribution in [1.29, 1.82) is 0 Å².